The van der Waals surface area contributed by atoms with E-state index in [2.05, 4.69) is 18.8 Å². The summed E-state index contributed by atoms with van der Waals surface area (Å²) in [5, 5.41) is 3.46. The van der Waals surface area contributed by atoms with Crippen molar-refractivity contribution in [2.75, 3.05) is 13.1 Å². The molecule has 0 spiro atoms. The predicted molar refractivity (Wildman–Crippen MR) is 49.6 cm³/mol. The van der Waals surface area contributed by atoms with Gasteiger partial charge in [0.2, 0.25) is 0 Å². The molecule has 0 radical (unpaired) electrons. The molecule has 1 heterocycles. The molecule has 1 N–H and O–H groups in total. The molecule has 1 rings (SSSR count). The Morgan fingerprint density at radius 3 is 3.09 bits per heavy atom. The van der Waals surface area contributed by atoms with Crippen molar-refractivity contribution in [2.24, 2.45) is 5.92 Å². The van der Waals surface area contributed by atoms with Gasteiger partial charge >= 0.3 is 0 Å². The van der Waals surface area contributed by atoms with Crippen LogP contribution in [0.1, 0.15) is 32.6 Å². The first-order valence-corrected chi connectivity index (χ1v) is 4.64. The molecule has 0 aromatic carbocycles. The van der Waals surface area contributed by atoms with Gasteiger partial charge in [0.1, 0.15) is 0 Å². The molecule has 0 aromatic heterocycles. The summed E-state index contributed by atoms with van der Waals surface area (Å²) in [5.41, 5.74) is 1.33. The molecule has 0 bridgehead atoms. The molecule has 11 heavy (non-hydrogen) atoms. The Morgan fingerprint density at radius 2 is 2.36 bits per heavy atom. The quantitative estimate of drug-likeness (QED) is 0.600. The average Bonchev–Trinajstić information content (AvgIpc) is 2.14. The molecule has 1 heteroatoms. The molecule has 1 saturated heterocycles. The third-order valence-electron chi connectivity index (χ3n) is 2.29. The largest absolute Gasteiger partial charge is 0.316 e. The first-order valence-electron chi connectivity index (χ1n) is 4.64. The van der Waals surface area contributed by atoms with Crippen LogP contribution in [0.15, 0.2) is 12.2 Å². The third-order valence-corrected chi connectivity index (χ3v) is 2.29. The van der Waals surface area contributed by atoms with Gasteiger partial charge in [-0.05, 0) is 45.2 Å². The molecule has 1 aliphatic heterocycles. The van der Waals surface area contributed by atoms with Crippen molar-refractivity contribution in [1.82, 2.24) is 5.32 Å². The number of allylic oxidation sites excluding steroid dienone is 1. The van der Waals surface area contributed by atoms with Gasteiger partial charge in [0.05, 0.1) is 0 Å². The summed E-state index contributed by atoms with van der Waals surface area (Å²) < 4.78 is 0. The molecule has 0 aliphatic carbocycles. The minimum Gasteiger partial charge on any atom is -0.316 e. The summed E-state index contributed by atoms with van der Waals surface area (Å²) in [6.45, 7) is 8.50. The number of nitrogens with one attached hydrogen (secondary N) is 1. The Labute approximate surface area is 69.9 Å². The molecule has 0 aromatic rings. The maximum atomic E-state index is 3.95. The van der Waals surface area contributed by atoms with Gasteiger partial charge in [0.15, 0.2) is 0 Å². The fourth-order valence-electron chi connectivity index (χ4n) is 1.76. The lowest BCUT2D eigenvalue weighted by molar-refractivity contribution is 0.476. The Morgan fingerprint density at radius 1 is 1.55 bits per heavy atom. The van der Waals surface area contributed by atoms with Gasteiger partial charge < -0.3 is 5.32 Å². The Bertz CT molecular complexity index is 121. The van der Waals surface area contributed by atoms with E-state index in [0.717, 1.165) is 5.92 Å². The Kier molecular flexibility index (Phi) is 3.64. The summed E-state index contributed by atoms with van der Waals surface area (Å²) in [7, 11) is 0. The molecule has 1 nitrogen and oxygen atoms in total. The summed E-state index contributed by atoms with van der Waals surface area (Å²) in [5.74, 6) is 0.856. The van der Waals surface area contributed by atoms with E-state index in [0.29, 0.717) is 0 Å². The third kappa shape index (κ3) is 3.57. The van der Waals surface area contributed by atoms with Gasteiger partial charge in [-0.2, -0.15) is 0 Å². The van der Waals surface area contributed by atoms with Crippen molar-refractivity contribution in [2.45, 2.75) is 32.6 Å². The van der Waals surface area contributed by atoms with E-state index in [1.54, 1.807) is 0 Å². The normalized spacial score (nSPS) is 26.1. The molecular weight excluding hydrogens is 134 g/mol. The smallest absolute Gasteiger partial charge is 0.00175 e. The van der Waals surface area contributed by atoms with Crippen LogP contribution < -0.4 is 5.32 Å². The van der Waals surface area contributed by atoms with Crippen LogP contribution in [0.4, 0.5) is 0 Å². The highest BCUT2D eigenvalue weighted by molar-refractivity contribution is 4.91. The summed E-state index contributed by atoms with van der Waals surface area (Å²) in [4.78, 5) is 0. The van der Waals surface area contributed by atoms with Crippen molar-refractivity contribution in [3.05, 3.63) is 12.2 Å². The van der Waals surface area contributed by atoms with Crippen LogP contribution in [0.25, 0.3) is 0 Å². The van der Waals surface area contributed by atoms with E-state index in [9.17, 15) is 0 Å². The molecule has 1 aliphatic rings. The number of rotatable bonds is 2. The Hall–Kier alpha value is -0.300. The van der Waals surface area contributed by atoms with Crippen molar-refractivity contribution in [3.8, 4) is 0 Å². The summed E-state index contributed by atoms with van der Waals surface area (Å²) >= 11 is 0. The molecule has 0 amide bonds. The predicted octanol–water partition coefficient (Wildman–Crippen LogP) is 2.34. The van der Waals surface area contributed by atoms with Crippen LogP contribution in [-0.4, -0.2) is 13.1 Å². The number of hydrogen-bond donors (Lipinski definition) is 1. The van der Waals surface area contributed by atoms with E-state index < -0.39 is 0 Å². The second-order valence-corrected chi connectivity index (χ2v) is 3.73. The van der Waals surface area contributed by atoms with E-state index >= 15 is 0 Å². The van der Waals surface area contributed by atoms with Crippen LogP contribution in [0.5, 0.6) is 0 Å². The fraction of sp³-hybridized carbons (Fsp3) is 0.800. The molecule has 64 valence electrons. The van der Waals surface area contributed by atoms with E-state index in [1.807, 2.05) is 0 Å². The number of hydrogen-bond acceptors (Lipinski definition) is 1. The van der Waals surface area contributed by atoms with Gasteiger partial charge in [-0.3, -0.25) is 0 Å². The van der Waals surface area contributed by atoms with Crippen molar-refractivity contribution < 1.29 is 0 Å². The zero-order valence-electron chi connectivity index (χ0n) is 7.53. The first kappa shape index (κ1) is 8.79. The lowest BCUT2D eigenvalue weighted by Gasteiger charge is -2.13. The van der Waals surface area contributed by atoms with E-state index in [4.69, 9.17) is 0 Å². The van der Waals surface area contributed by atoms with Gasteiger partial charge in [0.25, 0.3) is 0 Å². The highest BCUT2D eigenvalue weighted by Crippen LogP contribution is 2.17. The molecule has 0 saturated carbocycles. The molecule has 1 atom stereocenters. The zero-order chi connectivity index (χ0) is 8.10. The van der Waals surface area contributed by atoms with Gasteiger partial charge in [-0.25, -0.2) is 0 Å². The van der Waals surface area contributed by atoms with E-state index in [-0.39, 0.29) is 0 Å². The van der Waals surface area contributed by atoms with Crippen molar-refractivity contribution >= 4 is 0 Å². The highest BCUT2D eigenvalue weighted by atomic mass is 14.9. The highest BCUT2D eigenvalue weighted by Gasteiger charge is 2.10. The van der Waals surface area contributed by atoms with Crippen LogP contribution in [-0.2, 0) is 0 Å². The lowest BCUT2D eigenvalue weighted by Crippen LogP contribution is -2.20. The summed E-state index contributed by atoms with van der Waals surface area (Å²) in [6.07, 6.45) is 5.35. The minimum atomic E-state index is 0.856. The van der Waals surface area contributed by atoms with Crippen molar-refractivity contribution in [3.63, 3.8) is 0 Å². The summed E-state index contributed by atoms with van der Waals surface area (Å²) in [6, 6.07) is 0. The monoisotopic (exact) mass is 153 g/mol. The lowest BCUT2D eigenvalue weighted by atomic mass is 9.96. The van der Waals surface area contributed by atoms with Crippen molar-refractivity contribution in [1.29, 1.82) is 0 Å². The zero-order valence-corrected chi connectivity index (χ0v) is 7.53. The molecule has 1 fully saturated rings. The first-order chi connectivity index (χ1) is 5.29. The standard InChI is InChI=1S/C10H19N/c1-9(2)7-10-5-3-4-6-11-8-10/h10-11H,1,3-8H2,2H3. The van der Waals surface area contributed by atoms with Crippen LogP contribution in [0, 0.1) is 5.92 Å². The van der Waals surface area contributed by atoms with E-state index in [1.165, 1.54) is 44.3 Å². The SMILES string of the molecule is C=C(C)CC1CCCCNC1. The second kappa shape index (κ2) is 4.55. The van der Waals surface area contributed by atoms with Gasteiger partial charge in [-0.1, -0.05) is 12.0 Å². The fourth-order valence-corrected chi connectivity index (χ4v) is 1.76. The topological polar surface area (TPSA) is 12.0 Å². The van der Waals surface area contributed by atoms with Gasteiger partial charge in [0, 0.05) is 0 Å². The molecular formula is C10H19N. The molecule has 1 unspecified atom stereocenters. The maximum Gasteiger partial charge on any atom is -0.00175 e. The average molecular weight is 153 g/mol. The van der Waals surface area contributed by atoms with Crippen LogP contribution in [0.2, 0.25) is 0 Å². The van der Waals surface area contributed by atoms with Crippen LogP contribution in [0.3, 0.4) is 0 Å². The minimum absolute atomic E-state index is 0.856. The maximum absolute atomic E-state index is 3.95. The second-order valence-electron chi connectivity index (χ2n) is 3.73. The van der Waals surface area contributed by atoms with Crippen LogP contribution >= 0.6 is 0 Å². The van der Waals surface area contributed by atoms with Gasteiger partial charge in [-0.15, -0.1) is 6.58 Å². The Balaban J connectivity index is 2.25.